The summed E-state index contributed by atoms with van der Waals surface area (Å²) in [6.45, 7) is 0. The Kier molecular flexibility index (Phi) is 3.26. The van der Waals surface area contributed by atoms with E-state index < -0.39 is 0 Å². The number of benzene rings is 1. The first-order valence-corrected chi connectivity index (χ1v) is 8.30. The number of hydrogen-bond donors (Lipinski definition) is 0. The van der Waals surface area contributed by atoms with Crippen molar-refractivity contribution in [3.05, 3.63) is 60.2 Å². The zero-order valence-electron chi connectivity index (χ0n) is 12.1. The van der Waals surface area contributed by atoms with E-state index in [9.17, 15) is 0 Å². The van der Waals surface area contributed by atoms with Gasteiger partial charge >= 0.3 is 0 Å². The molecule has 0 nitrogen and oxygen atoms in total. The largest absolute Gasteiger partial charge is 0.0851 e. The van der Waals surface area contributed by atoms with Gasteiger partial charge in [-0.2, -0.15) is 0 Å². The summed E-state index contributed by atoms with van der Waals surface area (Å²) in [6, 6.07) is 11.0. The van der Waals surface area contributed by atoms with E-state index >= 15 is 0 Å². The Hall–Kier alpha value is -1.30. The van der Waals surface area contributed by atoms with Gasteiger partial charge in [0.05, 0.1) is 0 Å². The minimum Gasteiger partial charge on any atom is -0.0851 e. The monoisotopic (exact) mass is 264 g/mol. The van der Waals surface area contributed by atoms with Crippen molar-refractivity contribution in [2.24, 2.45) is 23.7 Å². The average Bonchev–Trinajstić information content (AvgIpc) is 3.29. The summed E-state index contributed by atoms with van der Waals surface area (Å²) < 4.78 is 0. The highest BCUT2D eigenvalue weighted by molar-refractivity contribution is 5.27. The molecule has 5 rings (SSSR count). The van der Waals surface area contributed by atoms with Gasteiger partial charge in [-0.15, -0.1) is 0 Å². The number of allylic oxidation sites excluding steroid dienone is 4. The van der Waals surface area contributed by atoms with Gasteiger partial charge in [0.25, 0.3) is 0 Å². The van der Waals surface area contributed by atoms with Crippen molar-refractivity contribution in [1.82, 2.24) is 0 Å². The molecule has 1 aromatic rings. The Labute approximate surface area is 122 Å². The topological polar surface area (TPSA) is 0 Å². The van der Waals surface area contributed by atoms with Crippen LogP contribution in [0, 0.1) is 23.7 Å². The van der Waals surface area contributed by atoms with E-state index in [0.29, 0.717) is 0 Å². The average molecular weight is 264 g/mol. The van der Waals surface area contributed by atoms with Crippen LogP contribution >= 0.6 is 0 Å². The molecule has 4 bridgehead atoms. The van der Waals surface area contributed by atoms with Crippen LogP contribution in [-0.2, 0) is 0 Å². The van der Waals surface area contributed by atoms with Crippen LogP contribution in [0.3, 0.4) is 0 Å². The molecule has 0 aromatic heterocycles. The van der Waals surface area contributed by atoms with Gasteiger partial charge in [-0.05, 0) is 67.3 Å². The van der Waals surface area contributed by atoms with Crippen LogP contribution in [0.5, 0.6) is 0 Å². The minimum absolute atomic E-state index is 0.816. The lowest BCUT2D eigenvalue weighted by molar-refractivity contribution is 0.585. The van der Waals surface area contributed by atoms with Crippen LogP contribution in [0.4, 0.5) is 0 Å². The maximum atomic E-state index is 2.42. The van der Waals surface area contributed by atoms with Crippen molar-refractivity contribution in [2.75, 3.05) is 0 Å². The molecule has 0 aliphatic heterocycles. The number of fused-ring (bicyclic) bond motifs is 4. The van der Waals surface area contributed by atoms with E-state index in [1.807, 2.05) is 0 Å². The molecule has 2 fully saturated rings. The summed E-state index contributed by atoms with van der Waals surface area (Å²) in [5.41, 5.74) is 1.54. The third kappa shape index (κ3) is 2.37. The molecule has 0 amide bonds. The fourth-order valence-electron chi connectivity index (χ4n) is 4.58. The van der Waals surface area contributed by atoms with Crippen molar-refractivity contribution in [3.63, 3.8) is 0 Å². The van der Waals surface area contributed by atoms with Gasteiger partial charge < -0.3 is 0 Å². The fourth-order valence-corrected chi connectivity index (χ4v) is 4.58. The highest BCUT2D eigenvalue weighted by Gasteiger charge is 2.36. The van der Waals surface area contributed by atoms with Gasteiger partial charge in [-0.1, -0.05) is 54.6 Å². The van der Waals surface area contributed by atoms with E-state index in [1.165, 1.54) is 32.1 Å². The summed E-state index contributed by atoms with van der Waals surface area (Å²) in [5.74, 6) is 4.52. The molecule has 1 aromatic carbocycles. The first-order valence-electron chi connectivity index (χ1n) is 8.30. The van der Waals surface area contributed by atoms with Crippen LogP contribution in [0.2, 0.25) is 0 Å². The van der Waals surface area contributed by atoms with Gasteiger partial charge in [-0.25, -0.2) is 0 Å². The van der Waals surface area contributed by atoms with Gasteiger partial charge in [-0.3, -0.25) is 0 Å². The lowest BCUT2D eigenvalue weighted by Gasteiger charge is -2.17. The predicted octanol–water partition coefficient (Wildman–Crippen LogP) is 5.34. The predicted molar refractivity (Wildman–Crippen MR) is 84.5 cm³/mol. The molecule has 0 spiro atoms. The standard InChI is InChI=1S/C13H14.C7H10/c1-2-4-11(5-3-1)13-9-10-6-7-12(13)8-10;1-2-7-4-3-6(1)5-7/h1-7,10,12-13H,8-9H2;1-2,6-7H,3-5H2. The van der Waals surface area contributed by atoms with Gasteiger partial charge in [0, 0.05) is 0 Å². The molecule has 20 heavy (non-hydrogen) atoms. The molecule has 5 unspecified atom stereocenters. The first-order chi connectivity index (χ1) is 9.88. The van der Waals surface area contributed by atoms with Gasteiger partial charge in [0.15, 0.2) is 0 Å². The number of hydrogen-bond acceptors (Lipinski definition) is 0. The molecular formula is C20H24. The minimum atomic E-state index is 0.816. The van der Waals surface area contributed by atoms with Crippen LogP contribution in [0.1, 0.15) is 43.6 Å². The molecule has 104 valence electrons. The molecular weight excluding hydrogens is 240 g/mol. The fraction of sp³-hybridized carbons (Fsp3) is 0.500. The quantitative estimate of drug-likeness (QED) is 0.601. The second kappa shape index (κ2) is 5.24. The first kappa shape index (κ1) is 12.4. The summed E-state index contributed by atoms with van der Waals surface area (Å²) in [5, 5.41) is 0. The van der Waals surface area contributed by atoms with Crippen molar-refractivity contribution in [2.45, 2.75) is 38.0 Å². The number of rotatable bonds is 1. The second-order valence-corrected chi connectivity index (χ2v) is 7.02. The van der Waals surface area contributed by atoms with Crippen molar-refractivity contribution >= 4 is 0 Å². The molecule has 0 radical (unpaired) electrons. The van der Waals surface area contributed by atoms with Crippen LogP contribution < -0.4 is 0 Å². The Morgan fingerprint density at radius 3 is 1.80 bits per heavy atom. The highest BCUT2D eigenvalue weighted by atomic mass is 14.4. The van der Waals surface area contributed by atoms with E-state index in [-0.39, 0.29) is 0 Å². The van der Waals surface area contributed by atoms with Crippen LogP contribution in [-0.4, -0.2) is 0 Å². The Bertz CT molecular complexity index is 498. The molecule has 4 aliphatic carbocycles. The van der Waals surface area contributed by atoms with Crippen molar-refractivity contribution < 1.29 is 0 Å². The maximum Gasteiger partial charge on any atom is -0.00932 e. The molecule has 5 atom stereocenters. The van der Waals surface area contributed by atoms with Crippen molar-refractivity contribution in [3.8, 4) is 0 Å². The van der Waals surface area contributed by atoms with E-state index in [2.05, 4.69) is 54.6 Å². The Morgan fingerprint density at radius 1 is 0.650 bits per heavy atom. The van der Waals surface area contributed by atoms with Gasteiger partial charge in [0.2, 0.25) is 0 Å². The molecule has 0 heteroatoms. The summed E-state index contributed by atoms with van der Waals surface area (Å²) in [6.07, 6.45) is 16.8. The molecule has 0 heterocycles. The molecule has 0 saturated heterocycles. The third-order valence-electron chi connectivity index (χ3n) is 5.68. The zero-order chi connectivity index (χ0) is 13.4. The van der Waals surface area contributed by atoms with Crippen LogP contribution in [0.15, 0.2) is 54.6 Å². The maximum absolute atomic E-state index is 2.42. The lowest BCUT2D eigenvalue weighted by atomic mass is 9.87. The van der Waals surface area contributed by atoms with E-state index in [1.54, 1.807) is 5.56 Å². The normalized spacial score (nSPS) is 39.1. The highest BCUT2D eigenvalue weighted by Crippen LogP contribution is 2.48. The molecule has 2 saturated carbocycles. The van der Waals surface area contributed by atoms with Crippen LogP contribution in [0.25, 0.3) is 0 Å². The smallest absolute Gasteiger partial charge is 0.00932 e. The third-order valence-corrected chi connectivity index (χ3v) is 5.68. The van der Waals surface area contributed by atoms with E-state index in [0.717, 1.165) is 29.6 Å². The Morgan fingerprint density at radius 2 is 1.35 bits per heavy atom. The molecule has 0 N–H and O–H groups in total. The summed E-state index contributed by atoms with van der Waals surface area (Å²) in [4.78, 5) is 0. The SMILES string of the molecule is C1=CC2CC1CC2c1ccccc1.C1=CC2CCC1C2. The Balaban J connectivity index is 0.000000127. The second-order valence-electron chi connectivity index (χ2n) is 7.02. The van der Waals surface area contributed by atoms with Crippen molar-refractivity contribution in [1.29, 1.82) is 0 Å². The lowest BCUT2D eigenvalue weighted by Crippen LogP contribution is -2.04. The van der Waals surface area contributed by atoms with E-state index in [4.69, 9.17) is 0 Å². The molecule has 4 aliphatic rings. The summed E-state index contributed by atoms with van der Waals surface area (Å²) in [7, 11) is 0. The summed E-state index contributed by atoms with van der Waals surface area (Å²) >= 11 is 0. The van der Waals surface area contributed by atoms with Gasteiger partial charge in [0.1, 0.15) is 0 Å². The zero-order valence-corrected chi connectivity index (χ0v) is 12.1.